The zero-order valence-electron chi connectivity index (χ0n) is 16.5. The van der Waals surface area contributed by atoms with Gasteiger partial charge in [0.2, 0.25) is 11.9 Å². The van der Waals surface area contributed by atoms with Gasteiger partial charge in [0.25, 0.3) is 0 Å². The van der Waals surface area contributed by atoms with Crippen molar-refractivity contribution in [2.45, 2.75) is 25.8 Å². The number of hydrogen-bond donors (Lipinski definition) is 3. The van der Waals surface area contributed by atoms with E-state index in [1.165, 1.54) is 6.92 Å². The summed E-state index contributed by atoms with van der Waals surface area (Å²) >= 11 is 6.07. The summed E-state index contributed by atoms with van der Waals surface area (Å²) in [5, 5.41) is 20.6. The van der Waals surface area contributed by atoms with Crippen LogP contribution in [0.2, 0.25) is 5.02 Å². The molecule has 2 heterocycles. The minimum absolute atomic E-state index is 0.0993. The normalized spacial score (nSPS) is 15.2. The molecule has 1 atom stereocenters. The van der Waals surface area contributed by atoms with Crippen molar-refractivity contribution in [2.75, 3.05) is 17.2 Å². The van der Waals surface area contributed by atoms with Gasteiger partial charge in [-0.1, -0.05) is 35.9 Å². The fourth-order valence-electron chi connectivity index (χ4n) is 3.38. The third-order valence-corrected chi connectivity index (χ3v) is 5.05. The van der Waals surface area contributed by atoms with Crippen LogP contribution in [0, 0.1) is 0 Å². The second-order valence-corrected chi connectivity index (χ2v) is 7.52. The predicted molar refractivity (Wildman–Crippen MR) is 117 cm³/mol. The van der Waals surface area contributed by atoms with Gasteiger partial charge in [0.05, 0.1) is 0 Å². The molecule has 1 amide bonds. The minimum Gasteiger partial charge on any atom is -0.396 e. The number of anilines is 2. The number of fused-ring (bicyclic) bond motifs is 1. The number of hydrogen-bond acceptors (Lipinski definition) is 5. The minimum atomic E-state index is -0.154. The molecule has 1 aliphatic rings. The van der Waals surface area contributed by atoms with E-state index in [-0.39, 0.29) is 18.6 Å². The molecule has 0 bridgehead atoms. The molecule has 1 aliphatic heterocycles. The number of benzene rings is 2. The molecule has 30 heavy (non-hydrogen) atoms. The van der Waals surface area contributed by atoms with Gasteiger partial charge in [-0.3, -0.25) is 4.79 Å². The molecular formula is C22H22ClN5O2. The van der Waals surface area contributed by atoms with E-state index >= 15 is 0 Å². The van der Waals surface area contributed by atoms with Gasteiger partial charge in [-0.05, 0) is 47.9 Å². The monoisotopic (exact) mass is 423 g/mol. The molecule has 7 nitrogen and oxygen atoms in total. The highest BCUT2D eigenvalue weighted by Crippen LogP contribution is 2.33. The fourth-order valence-corrected chi connectivity index (χ4v) is 3.51. The Kier molecular flexibility index (Phi) is 5.83. The lowest BCUT2D eigenvalue weighted by molar-refractivity contribution is -0.114. The zero-order chi connectivity index (χ0) is 21.1. The van der Waals surface area contributed by atoms with Crippen LogP contribution in [-0.2, 0) is 11.2 Å². The molecule has 0 saturated carbocycles. The van der Waals surface area contributed by atoms with Gasteiger partial charge in [-0.2, -0.15) is 10.1 Å². The Hall–Kier alpha value is -3.16. The van der Waals surface area contributed by atoms with E-state index in [1.807, 2.05) is 53.2 Å². The van der Waals surface area contributed by atoms with Gasteiger partial charge < -0.3 is 15.7 Å². The van der Waals surface area contributed by atoms with Crippen LogP contribution in [0.15, 0.2) is 54.6 Å². The number of allylic oxidation sites excluding steroid dienone is 1. The summed E-state index contributed by atoms with van der Waals surface area (Å²) in [7, 11) is 0. The number of rotatable bonds is 6. The van der Waals surface area contributed by atoms with Crippen LogP contribution in [0.4, 0.5) is 11.6 Å². The standard InChI is InChI=1S/C22H22ClN5O2/c1-14(30)24-18-10-6-15(7-11-18)19-13-20(16-4-8-17(23)9-5-16)28-22(25-19)26-21(27-28)3-2-12-29/h4-11,13,20,29H,2-3,12H2,1H3,(H,24,30)(H,25,26,27)/t20-/m0/s1. The third kappa shape index (κ3) is 4.37. The van der Waals surface area contributed by atoms with Crippen LogP contribution in [0.25, 0.3) is 5.70 Å². The molecule has 154 valence electrons. The van der Waals surface area contributed by atoms with Crippen molar-refractivity contribution < 1.29 is 9.90 Å². The average Bonchev–Trinajstić information content (AvgIpc) is 3.15. The Balaban J connectivity index is 1.70. The van der Waals surface area contributed by atoms with E-state index in [0.29, 0.717) is 29.6 Å². The summed E-state index contributed by atoms with van der Waals surface area (Å²) in [4.78, 5) is 15.9. The maximum atomic E-state index is 11.3. The van der Waals surface area contributed by atoms with Crippen LogP contribution in [0.5, 0.6) is 0 Å². The first-order valence-electron chi connectivity index (χ1n) is 9.72. The number of nitrogens with one attached hydrogen (secondary N) is 2. The van der Waals surface area contributed by atoms with Crippen molar-refractivity contribution >= 4 is 34.8 Å². The molecular weight excluding hydrogens is 402 g/mol. The van der Waals surface area contributed by atoms with E-state index in [1.54, 1.807) is 0 Å². The summed E-state index contributed by atoms with van der Waals surface area (Å²) < 4.78 is 1.85. The number of carbonyl (C=O) groups is 1. The smallest absolute Gasteiger partial charge is 0.226 e. The number of aliphatic hydroxyl groups is 1. The Morgan fingerprint density at radius 3 is 2.60 bits per heavy atom. The van der Waals surface area contributed by atoms with E-state index in [0.717, 1.165) is 22.5 Å². The lowest BCUT2D eigenvalue weighted by Gasteiger charge is -2.24. The summed E-state index contributed by atoms with van der Waals surface area (Å²) in [6.45, 7) is 1.58. The number of aryl methyl sites for hydroxylation is 1. The molecule has 1 aromatic heterocycles. The van der Waals surface area contributed by atoms with Crippen molar-refractivity contribution in [1.29, 1.82) is 0 Å². The van der Waals surface area contributed by atoms with Crippen LogP contribution >= 0.6 is 11.6 Å². The largest absolute Gasteiger partial charge is 0.396 e. The summed E-state index contributed by atoms with van der Waals surface area (Å²) in [6, 6.07) is 15.1. The lowest BCUT2D eigenvalue weighted by atomic mass is 10.0. The first kappa shape index (κ1) is 20.1. The molecule has 4 rings (SSSR count). The molecule has 0 unspecified atom stereocenters. The number of aromatic nitrogens is 3. The Morgan fingerprint density at radius 2 is 1.93 bits per heavy atom. The number of nitrogens with zero attached hydrogens (tertiary/aromatic N) is 3. The van der Waals surface area contributed by atoms with Gasteiger partial charge >= 0.3 is 0 Å². The van der Waals surface area contributed by atoms with Gasteiger partial charge in [-0.25, -0.2) is 4.68 Å². The lowest BCUT2D eigenvalue weighted by Crippen LogP contribution is -2.20. The third-order valence-electron chi connectivity index (χ3n) is 4.80. The highest BCUT2D eigenvalue weighted by atomic mass is 35.5. The molecule has 3 aromatic rings. The highest BCUT2D eigenvalue weighted by Gasteiger charge is 2.25. The van der Waals surface area contributed by atoms with Gasteiger partial charge in [0.1, 0.15) is 6.04 Å². The predicted octanol–water partition coefficient (Wildman–Crippen LogP) is 3.87. The van der Waals surface area contributed by atoms with Crippen LogP contribution in [-0.4, -0.2) is 32.4 Å². The topological polar surface area (TPSA) is 92.1 Å². The van der Waals surface area contributed by atoms with Crippen LogP contribution in [0.1, 0.15) is 36.3 Å². The van der Waals surface area contributed by atoms with E-state index in [2.05, 4.69) is 26.8 Å². The molecule has 8 heteroatoms. The number of carbonyl (C=O) groups excluding carboxylic acids is 1. The first-order chi connectivity index (χ1) is 14.5. The maximum Gasteiger partial charge on any atom is 0.226 e. The Morgan fingerprint density at radius 1 is 1.20 bits per heavy atom. The second kappa shape index (κ2) is 8.69. The highest BCUT2D eigenvalue weighted by molar-refractivity contribution is 6.30. The SMILES string of the molecule is CC(=O)Nc1ccc(C2=C[C@@H](c3ccc(Cl)cc3)n3nc(CCCO)nc3N2)cc1. The molecule has 0 aliphatic carbocycles. The summed E-state index contributed by atoms with van der Waals surface area (Å²) in [6.07, 6.45) is 3.31. The van der Waals surface area contributed by atoms with Gasteiger partial charge in [0, 0.05) is 36.4 Å². The van der Waals surface area contributed by atoms with Crippen LogP contribution < -0.4 is 10.6 Å². The van der Waals surface area contributed by atoms with Gasteiger partial charge in [-0.15, -0.1) is 0 Å². The fraction of sp³-hybridized carbons (Fsp3) is 0.227. The van der Waals surface area contributed by atoms with Crippen molar-refractivity contribution in [3.8, 4) is 0 Å². The van der Waals surface area contributed by atoms with Crippen LogP contribution in [0.3, 0.4) is 0 Å². The molecule has 2 aromatic carbocycles. The van der Waals surface area contributed by atoms with E-state index in [4.69, 9.17) is 16.7 Å². The molecule has 0 fully saturated rings. The van der Waals surface area contributed by atoms with Crippen molar-refractivity contribution in [2.24, 2.45) is 0 Å². The zero-order valence-corrected chi connectivity index (χ0v) is 17.2. The molecule has 0 radical (unpaired) electrons. The quantitative estimate of drug-likeness (QED) is 0.559. The van der Waals surface area contributed by atoms with Crippen molar-refractivity contribution in [3.63, 3.8) is 0 Å². The Labute approximate surface area is 179 Å². The Bertz CT molecular complexity index is 1070. The number of aliphatic hydroxyl groups excluding tert-OH is 1. The average molecular weight is 424 g/mol. The van der Waals surface area contributed by atoms with E-state index in [9.17, 15) is 4.79 Å². The first-order valence-corrected chi connectivity index (χ1v) is 10.1. The maximum absolute atomic E-state index is 11.3. The summed E-state index contributed by atoms with van der Waals surface area (Å²) in [5.41, 5.74) is 3.65. The molecule has 0 saturated heterocycles. The summed E-state index contributed by atoms with van der Waals surface area (Å²) in [5.74, 6) is 1.22. The van der Waals surface area contributed by atoms with Crippen molar-refractivity contribution in [3.05, 3.63) is 76.6 Å². The number of halogens is 1. The van der Waals surface area contributed by atoms with Gasteiger partial charge in [0.15, 0.2) is 5.82 Å². The second-order valence-electron chi connectivity index (χ2n) is 7.08. The molecule has 0 spiro atoms. The van der Waals surface area contributed by atoms with Crippen molar-refractivity contribution in [1.82, 2.24) is 14.8 Å². The number of amides is 1. The van der Waals surface area contributed by atoms with E-state index < -0.39 is 0 Å². The molecule has 3 N–H and O–H groups in total.